The third-order valence-electron chi connectivity index (χ3n) is 4.67. The second-order valence-corrected chi connectivity index (χ2v) is 6.72. The lowest BCUT2D eigenvalue weighted by molar-refractivity contribution is -0.125. The Balaban J connectivity index is 1.91. The number of hydrogen-bond donors (Lipinski definition) is 2. The number of carbonyl (C=O) groups excluding carboxylic acids is 2. The summed E-state index contributed by atoms with van der Waals surface area (Å²) in [4.78, 5) is 26.4. The van der Waals surface area contributed by atoms with Gasteiger partial charge in [-0.1, -0.05) is 18.2 Å². The molecular weight excluding hydrogens is 398 g/mol. The topological polar surface area (TPSA) is 112 Å². The van der Waals surface area contributed by atoms with E-state index in [0.29, 0.717) is 22.7 Å². The van der Waals surface area contributed by atoms with E-state index < -0.39 is 6.10 Å². The summed E-state index contributed by atoms with van der Waals surface area (Å²) in [6.45, 7) is 0.225. The molecule has 0 bridgehead atoms. The molecule has 8 nitrogen and oxygen atoms in total. The minimum atomic E-state index is -0.999. The van der Waals surface area contributed by atoms with Gasteiger partial charge in [0.25, 0.3) is 0 Å². The van der Waals surface area contributed by atoms with E-state index in [0.717, 1.165) is 0 Å². The van der Waals surface area contributed by atoms with Crippen LogP contribution < -0.4 is 19.7 Å². The van der Waals surface area contributed by atoms with E-state index in [9.17, 15) is 14.7 Å². The Morgan fingerprint density at radius 1 is 1.13 bits per heavy atom. The molecule has 0 aliphatic rings. The summed E-state index contributed by atoms with van der Waals surface area (Å²) in [6.07, 6.45) is -0.843. The number of para-hydroxylation sites is 1. The summed E-state index contributed by atoms with van der Waals surface area (Å²) in [6, 6.07) is 16.1. The second kappa shape index (κ2) is 12.2. The number of methoxy groups -OCH3 is 2. The number of anilines is 1. The lowest BCUT2D eigenvalue weighted by Crippen LogP contribution is -2.34. The highest BCUT2D eigenvalue weighted by atomic mass is 16.5. The molecule has 0 saturated carbocycles. The highest BCUT2D eigenvalue weighted by molar-refractivity contribution is 5.95. The molecule has 1 unspecified atom stereocenters. The van der Waals surface area contributed by atoms with Crippen molar-refractivity contribution in [1.82, 2.24) is 5.32 Å². The zero-order chi connectivity index (χ0) is 22.6. The molecule has 2 rings (SSSR count). The maximum absolute atomic E-state index is 12.6. The van der Waals surface area contributed by atoms with Crippen molar-refractivity contribution in [3.05, 3.63) is 54.1 Å². The minimum absolute atomic E-state index is 0.00919. The average Bonchev–Trinajstić information content (AvgIpc) is 2.81. The summed E-state index contributed by atoms with van der Waals surface area (Å²) in [5.74, 6) is 0.438. The van der Waals surface area contributed by atoms with Crippen molar-refractivity contribution in [2.75, 3.05) is 32.2 Å². The number of nitrogens with zero attached hydrogens (tertiary/aromatic N) is 2. The lowest BCUT2D eigenvalue weighted by Gasteiger charge is -2.22. The number of amides is 2. The average molecular weight is 425 g/mol. The SMILES string of the molecule is COc1ccc(OC)c(C(O)CNC(=O)CCC(=O)N(CCC#N)c2ccccc2)c1. The van der Waals surface area contributed by atoms with Crippen LogP contribution in [-0.2, 0) is 9.59 Å². The van der Waals surface area contributed by atoms with Crippen molar-refractivity contribution in [2.45, 2.75) is 25.4 Å². The first kappa shape index (κ1) is 23.7. The van der Waals surface area contributed by atoms with E-state index in [1.807, 2.05) is 24.3 Å². The van der Waals surface area contributed by atoms with E-state index in [4.69, 9.17) is 14.7 Å². The van der Waals surface area contributed by atoms with Gasteiger partial charge in [0.05, 0.1) is 32.8 Å². The molecule has 2 amide bonds. The first-order chi connectivity index (χ1) is 15.0. The molecule has 164 valence electrons. The largest absolute Gasteiger partial charge is 0.497 e. The predicted molar refractivity (Wildman–Crippen MR) is 116 cm³/mol. The fourth-order valence-corrected chi connectivity index (χ4v) is 3.03. The van der Waals surface area contributed by atoms with Gasteiger partial charge in [0, 0.05) is 37.2 Å². The van der Waals surface area contributed by atoms with Gasteiger partial charge in [-0.3, -0.25) is 9.59 Å². The normalized spacial score (nSPS) is 11.2. The number of nitrogens with one attached hydrogen (secondary N) is 1. The fraction of sp³-hybridized carbons (Fsp3) is 0.348. The first-order valence-electron chi connectivity index (χ1n) is 9.89. The van der Waals surface area contributed by atoms with E-state index in [1.54, 1.807) is 30.3 Å². The Bertz CT molecular complexity index is 911. The van der Waals surface area contributed by atoms with Gasteiger partial charge in [0.2, 0.25) is 11.8 Å². The van der Waals surface area contributed by atoms with Gasteiger partial charge in [-0.25, -0.2) is 0 Å². The van der Waals surface area contributed by atoms with Gasteiger partial charge in [0.15, 0.2) is 0 Å². The molecule has 2 N–H and O–H groups in total. The van der Waals surface area contributed by atoms with Crippen molar-refractivity contribution < 1.29 is 24.2 Å². The van der Waals surface area contributed by atoms with E-state index in [2.05, 4.69) is 5.32 Å². The Morgan fingerprint density at radius 3 is 2.52 bits per heavy atom. The van der Waals surface area contributed by atoms with Crippen molar-refractivity contribution in [1.29, 1.82) is 5.26 Å². The summed E-state index contributed by atoms with van der Waals surface area (Å²) in [5, 5.41) is 22.0. The van der Waals surface area contributed by atoms with Gasteiger partial charge < -0.3 is 24.8 Å². The van der Waals surface area contributed by atoms with Gasteiger partial charge in [-0.2, -0.15) is 5.26 Å². The third-order valence-corrected chi connectivity index (χ3v) is 4.67. The van der Waals surface area contributed by atoms with Gasteiger partial charge in [-0.05, 0) is 30.3 Å². The number of hydrogen-bond acceptors (Lipinski definition) is 6. The Morgan fingerprint density at radius 2 is 1.87 bits per heavy atom. The van der Waals surface area contributed by atoms with Gasteiger partial charge in [-0.15, -0.1) is 0 Å². The van der Waals surface area contributed by atoms with Crippen LogP contribution in [0.5, 0.6) is 11.5 Å². The quantitative estimate of drug-likeness (QED) is 0.572. The van der Waals surface area contributed by atoms with Crippen molar-refractivity contribution in [3.8, 4) is 17.6 Å². The molecule has 8 heteroatoms. The van der Waals surface area contributed by atoms with Crippen molar-refractivity contribution in [2.24, 2.45) is 0 Å². The second-order valence-electron chi connectivity index (χ2n) is 6.72. The molecule has 0 heterocycles. The molecule has 0 spiro atoms. The third kappa shape index (κ3) is 7.01. The Kier molecular flexibility index (Phi) is 9.33. The zero-order valence-electron chi connectivity index (χ0n) is 17.7. The number of benzene rings is 2. The number of carbonyl (C=O) groups is 2. The molecule has 0 aliphatic carbocycles. The lowest BCUT2D eigenvalue weighted by atomic mass is 10.1. The molecule has 0 radical (unpaired) electrons. The molecule has 2 aromatic carbocycles. The molecule has 0 aliphatic heterocycles. The van der Waals surface area contributed by atoms with Crippen molar-refractivity contribution >= 4 is 17.5 Å². The molecule has 2 aromatic rings. The van der Waals surface area contributed by atoms with Crippen LogP contribution in [0.25, 0.3) is 0 Å². The molecular formula is C23H27N3O5. The minimum Gasteiger partial charge on any atom is -0.497 e. The number of rotatable bonds is 11. The van der Waals surface area contributed by atoms with Crippen LogP contribution in [0, 0.1) is 11.3 Å². The highest BCUT2D eigenvalue weighted by Crippen LogP contribution is 2.29. The van der Waals surface area contributed by atoms with Crippen LogP contribution in [-0.4, -0.2) is 44.2 Å². The summed E-state index contributed by atoms with van der Waals surface area (Å²) in [7, 11) is 3.01. The predicted octanol–water partition coefficient (Wildman–Crippen LogP) is 2.58. The maximum Gasteiger partial charge on any atom is 0.227 e. The summed E-state index contributed by atoms with van der Waals surface area (Å²) >= 11 is 0. The van der Waals surface area contributed by atoms with E-state index >= 15 is 0 Å². The van der Waals surface area contributed by atoms with Gasteiger partial charge in [0.1, 0.15) is 11.5 Å². The highest BCUT2D eigenvalue weighted by Gasteiger charge is 2.18. The Labute approximate surface area is 182 Å². The van der Waals surface area contributed by atoms with Crippen LogP contribution in [0.3, 0.4) is 0 Å². The number of ether oxygens (including phenoxy) is 2. The van der Waals surface area contributed by atoms with E-state index in [-0.39, 0.29) is 44.2 Å². The molecule has 0 fully saturated rings. The Hall–Kier alpha value is -3.57. The summed E-state index contributed by atoms with van der Waals surface area (Å²) < 4.78 is 10.4. The van der Waals surface area contributed by atoms with Gasteiger partial charge >= 0.3 is 0 Å². The maximum atomic E-state index is 12.6. The van der Waals surface area contributed by atoms with Crippen LogP contribution in [0.2, 0.25) is 0 Å². The number of nitriles is 1. The van der Waals surface area contributed by atoms with Crippen LogP contribution in [0.15, 0.2) is 48.5 Å². The number of aliphatic hydroxyl groups is 1. The van der Waals surface area contributed by atoms with Crippen molar-refractivity contribution in [3.63, 3.8) is 0 Å². The standard InChI is InChI=1S/C23H27N3O5/c1-30-18-9-10-21(31-2)19(15-18)20(27)16-25-22(28)11-12-23(29)26(14-6-13-24)17-7-4-3-5-8-17/h3-5,7-10,15,20,27H,6,11-12,14,16H2,1-2H3,(H,25,28). The summed E-state index contributed by atoms with van der Waals surface area (Å²) in [5.41, 5.74) is 1.17. The molecule has 1 atom stereocenters. The zero-order valence-corrected chi connectivity index (χ0v) is 17.7. The fourth-order valence-electron chi connectivity index (χ4n) is 3.03. The van der Waals surface area contributed by atoms with E-state index in [1.165, 1.54) is 19.1 Å². The molecule has 0 aromatic heterocycles. The monoisotopic (exact) mass is 425 g/mol. The van der Waals surface area contributed by atoms with Crippen LogP contribution in [0.4, 0.5) is 5.69 Å². The number of aliphatic hydroxyl groups excluding tert-OH is 1. The van der Waals surface area contributed by atoms with Crippen LogP contribution >= 0.6 is 0 Å². The smallest absolute Gasteiger partial charge is 0.227 e. The first-order valence-corrected chi connectivity index (χ1v) is 9.89. The molecule has 0 saturated heterocycles. The van der Waals surface area contributed by atoms with Crippen LogP contribution in [0.1, 0.15) is 30.9 Å². The molecule has 31 heavy (non-hydrogen) atoms.